The van der Waals surface area contributed by atoms with Crippen LogP contribution in [0, 0.1) is 11.8 Å². The molecule has 0 saturated carbocycles. The maximum Gasteiger partial charge on any atom is 0.311 e. The molecular formula is C18H20N2O2S. The molecule has 3 rings (SSSR count). The molecule has 1 aliphatic carbocycles. The smallest absolute Gasteiger partial charge is 0.311 e. The third kappa shape index (κ3) is 4.26. The van der Waals surface area contributed by atoms with E-state index >= 15 is 0 Å². The number of allylic oxidation sites excluding steroid dienone is 2. The van der Waals surface area contributed by atoms with Crippen LogP contribution in [0.2, 0.25) is 0 Å². The maximum atomic E-state index is 12.0. The average Bonchev–Trinajstić information content (AvgIpc) is 3.03. The van der Waals surface area contributed by atoms with Gasteiger partial charge in [-0.3, -0.25) is 9.78 Å². The molecule has 0 N–H and O–H groups in total. The minimum atomic E-state index is -0.204. The van der Waals surface area contributed by atoms with Crippen LogP contribution >= 0.6 is 11.3 Å². The van der Waals surface area contributed by atoms with Gasteiger partial charge in [-0.2, -0.15) is 0 Å². The Morgan fingerprint density at radius 1 is 1.35 bits per heavy atom. The fourth-order valence-corrected chi connectivity index (χ4v) is 3.43. The van der Waals surface area contributed by atoms with Crippen molar-refractivity contribution in [3.05, 3.63) is 47.6 Å². The SMILES string of the molecule is CC1CC=CCC1COC(=O)Cc1csc(-c2ccccn2)n1. The first-order valence-corrected chi connectivity index (χ1v) is 8.77. The lowest BCUT2D eigenvalue weighted by Gasteiger charge is -2.24. The highest BCUT2D eigenvalue weighted by molar-refractivity contribution is 7.13. The van der Waals surface area contributed by atoms with Crippen LogP contribution in [-0.2, 0) is 16.0 Å². The monoisotopic (exact) mass is 328 g/mol. The van der Waals surface area contributed by atoms with E-state index in [4.69, 9.17) is 4.74 Å². The molecule has 0 saturated heterocycles. The van der Waals surface area contributed by atoms with E-state index in [2.05, 4.69) is 29.0 Å². The van der Waals surface area contributed by atoms with E-state index in [0.29, 0.717) is 18.4 Å². The molecule has 0 fully saturated rings. The molecule has 0 aromatic carbocycles. The number of hydrogen-bond donors (Lipinski definition) is 0. The fourth-order valence-electron chi connectivity index (χ4n) is 2.63. The fraction of sp³-hybridized carbons (Fsp3) is 0.389. The molecule has 2 aromatic rings. The normalized spacial score (nSPS) is 20.4. The summed E-state index contributed by atoms with van der Waals surface area (Å²) < 4.78 is 5.45. The number of carbonyl (C=O) groups excluding carboxylic acids is 1. The number of nitrogens with zero attached hydrogens (tertiary/aromatic N) is 2. The molecule has 0 spiro atoms. The van der Waals surface area contributed by atoms with Gasteiger partial charge in [0.25, 0.3) is 0 Å². The number of esters is 1. The maximum absolute atomic E-state index is 12.0. The molecule has 2 unspecified atom stereocenters. The summed E-state index contributed by atoms with van der Waals surface area (Å²) in [6, 6.07) is 5.72. The summed E-state index contributed by atoms with van der Waals surface area (Å²) in [6.07, 6.45) is 8.41. The Bertz CT molecular complexity index is 681. The summed E-state index contributed by atoms with van der Waals surface area (Å²) in [5, 5.41) is 2.73. The molecule has 1 aliphatic rings. The minimum absolute atomic E-state index is 0.204. The molecule has 2 heterocycles. The largest absolute Gasteiger partial charge is 0.465 e. The van der Waals surface area contributed by atoms with Crippen LogP contribution in [0.25, 0.3) is 10.7 Å². The van der Waals surface area contributed by atoms with Gasteiger partial charge < -0.3 is 4.74 Å². The molecule has 23 heavy (non-hydrogen) atoms. The Labute approximate surface area is 140 Å². The van der Waals surface area contributed by atoms with Gasteiger partial charge in [-0.15, -0.1) is 11.3 Å². The number of pyridine rings is 1. The lowest BCUT2D eigenvalue weighted by Crippen LogP contribution is -2.22. The molecule has 2 aromatic heterocycles. The molecule has 5 heteroatoms. The molecule has 120 valence electrons. The van der Waals surface area contributed by atoms with Crippen molar-refractivity contribution in [2.24, 2.45) is 11.8 Å². The molecule has 2 atom stereocenters. The van der Waals surface area contributed by atoms with Crippen molar-refractivity contribution in [2.45, 2.75) is 26.2 Å². The van der Waals surface area contributed by atoms with Crippen LogP contribution in [0.5, 0.6) is 0 Å². The Balaban J connectivity index is 1.52. The number of rotatable bonds is 5. The summed E-state index contributed by atoms with van der Waals surface area (Å²) in [5.41, 5.74) is 1.58. The van der Waals surface area contributed by atoms with Gasteiger partial charge in [0.2, 0.25) is 0 Å². The van der Waals surface area contributed by atoms with E-state index in [1.807, 2.05) is 23.6 Å². The Kier molecular flexibility index (Phi) is 5.18. The highest BCUT2D eigenvalue weighted by Gasteiger charge is 2.20. The first-order chi connectivity index (χ1) is 11.2. The predicted octanol–water partition coefficient (Wildman–Crippen LogP) is 3.89. The molecule has 0 amide bonds. The van der Waals surface area contributed by atoms with Gasteiger partial charge in [0.05, 0.1) is 24.4 Å². The third-order valence-corrected chi connectivity index (χ3v) is 5.05. The molecular weight excluding hydrogens is 308 g/mol. The van der Waals surface area contributed by atoms with Crippen molar-refractivity contribution in [1.82, 2.24) is 9.97 Å². The van der Waals surface area contributed by atoms with E-state index in [1.165, 1.54) is 11.3 Å². The molecule has 0 bridgehead atoms. The van der Waals surface area contributed by atoms with Crippen LogP contribution < -0.4 is 0 Å². The summed E-state index contributed by atoms with van der Waals surface area (Å²) in [6.45, 7) is 2.71. The number of hydrogen-bond acceptors (Lipinski definition) is 5. The van der Waals surface area contributed by atoms with E-state index in [0.717, 1.165) is 29.2 Å². The van der Waals surface area contributed by atoms with E-state index in [9.17, 15) is 4.79 Å². The number of thiazole rings is 1. The second kappa shape index (κ2) is 7.51. The van der Waals surface area contributed by atoms with E-state index in [1.54, 1.807) is 6.20 Å². The Morgan fingerprint density at radius 3 is 3.00 bits per heavy atom. The number of carbonyl (C=O) groups is 1. The van der Waals surface area contributed by atoms with Crippen molar-refractivity contribution in [2.75, 3.05) is 6.61 Å². The zero-order valence-electron chi connectivity index (χ0n) is 13.1. The Morgan fingerprint density at radius 2 is 2.22 bits per heavy atom. The first kappa shape index (κ1) is 15.9. The molecule has 0 aliphatic heterocycles. The second-order valence-corrected chi connectivity index (χ2v) is 6.76. The topological polar surface area (TPSA) is 52.1 Å². The summed E-state index contributed by atoms with van der Waals surface area (Å²) >= 11 is 1.50. The van der Waals surface area contributed by atoms with Crippen LogP contribution in [0.4, 0.5) is 0 Å². The van der Waals surface area contributed by atoms with Crippen molar-refractivity contribution in [3.8, 4) is 10.7 Å². The minimum Gasteiger partial charge on any atom is -0.465 e. The van der Waals surface area contributed by atoms with E-state index < -0.39 is 0 Å². The van der Waals surface area contributed by atoms with Gasteiger partial charge in [0, 0.05) is 11.6 Å². The third-order valence-electron chi connectivity index (χ3n) is 4.14. The van der Waals surface area contributed by atoms with Crippen LogP contribution in [-0.4, -0.2) is 22.5 Å². The predicted molar refractivity (Wildman–Crippen MR) is 91.0 cm³/mol. The van der Waals surface area contributed by atoms with Gasteiger partial charge >= 0.3 is 5.97 Å². The van der Waals surface area contributed by atoms with Crippen molar-refractivity contribution < 1.29 is 9.53 Å². The lowest BCUT2D eigenvalue weighted by atomic mass is 9.85. The average molecular weight is 328 g/mol. The van der Waals surface area contributed by atoms with Crippen LogP contribution in [0.1, 0.15) is 25.5 Å². The van der Waals surface area contributed by atoms with Crippen LogP contribution in [0.3, 0.4) is 0 Å². The van der Waals surface area contributed by atoms with Crippen molar-refractivity contribution in [3.63, 3.8) is 0 Å². The first-order valence-electron chi connectivity index (χ1n) is 7.89. The van der Waals surface area contributed by atoms with E-state index in [-0.39, 0.29) is 12.4 Å². The van der Waals surface area contributed by atoms with Gasteiger partial charge in [-0.05, 0) is 36.8 Å². The second-order valence-electron chi connectivity index (χ2n) is 5.90. The molecule has 4 nitrogen and oxygen atoms in total. The van der Waals surface area contributed by atoms with Crippen molar-refractivity contribution in [1.29, 1.82) is 0 Å². The number of aromatic nitrogens is 2. The highest BCUT2D eigenvalue weighted by atomic mass is 32.1. The summed E-state index contributed by atoms with van der Waals surface area (Å²) in [4.78, 5) is 20.8. The quantitative estimate of drug-likeness (QED) is 0.617. The van der Waals surface area contributed by atoms with Gasteiger partial charge in [-0.25, -0.2) is 4.98 Å². The standard InChI is InChI=1S/C18H20N2O2S/c1-13-6-2-3-7-14(13)11-22-17(21)10-15-12-23-18(20-15)16-8-4-5-9-19-16/h2-5,8-9,12-14H,6-7,10-11H2,1H3. The van der Waals surface area contributed by atoms with Gasteiger partial charge in [0.1, 0.15) is 5.01 Å². The van der Waals surface area contributed by atoms with Gasteiger partial charge in [-0.1, -0.05) is 25.1 Å². The van der Waals surface area contributed by atoms with Crippen molar-refractivity contribution >= 4 is 17.3 Å². The molecule has 0 radical (unpaired) electrons. The zero-order chi connectivity index (χ0) is 16.1. The highest BCUT2D eigenvalue weighted by Crippen LogP contribution is 2.25. The van der Waals surface area contributed by atoms with Crippen LogP contribution in [0.15, 0.2) is 41.9 Å². The number of ether oxygens (including phenoxy) is 1. The van der Waals surface area contributed by atoms with Gasteiger partial charge in [0.15, 0.2) is 0 Å². The summed E-state index contributed by atoms with van der Waals surface area (Å²) in [7, 11) is 0. The zero-order valence-corrected chi connectivity index (χ0v) is 14.0. The lowest BCUT2D eigenvalue weighted by molar-refractivity contribution is -0.144. The summed E-state index contributed by atoms with van der Waals surface area (Å²) in [5.74, 6) is 0.802. The Hall–Kier alpha value is -2.01.